The van der Waals surface area contributed by atoms with Gasteiger partial charge in [0.15, 0.2) is 0 Å². The van der Waals surface area contributed by atoms with Gasteiger partial charge in [-0.25, -0.2) is 16.8 Å². The maximum absolute atomic E-state index is 12.8. The first-order chi connectivity index (χ1) is 18.3. The molecule has 0 aliphatic rings. The minimum absolute atomic E-state index is 0.0135. The van der Waals surface area contributed by atoms with E-state index in [1.807, 2.05) is 13.8 Å². The van der Waals surface area contributed by atoms with Gasteiger partial charge in [0.1, 0.15) is 0 Å². The average Bonchev–Trinajstić information content (AvgIpc) is 2.86. The highest BCUT2D eigenvalue weighted by Gasteiger charge is 2.18. The number of carbonyl (C=O) groups is 1. The summed E-state index contributed by atoms with van der Waals surface area (Å²) in [5, 5.41) is 3.10. The average molecular weight is 605 g/mol. The molecule has 1 amide bonds. The molecule has 4 rings (SSSR count). The van der Waals surface area contributed by atoms with Crippen LogP contribution in [-0.2, 0) is 20.0 Å². The molecule has 0 radical (unpaired) electrons. The minimum Gasteiger partial charge on any atom is -0.322 e. The summed E-state index contributed by atoms with van der Waals surface area (Å²) < 4.78 is 55.6. The number of anilines is 3. The highest BCUT2D eigenvalue weighted by Crippen LogP contribution is 2.26. The Kier molecular flexibility index (Phi) is 8.22. The van der Waals surface area contributed by atoms with E-state index in [-0.39, 0.29) is 26.1 Å². The van der Waals surface area contributed by atoms with Crippen molar-refractivity contribution < 1.29 is 21.6 Å². The predicted octanol–water partition coefficient (Wildman–Crippen LogP) is 6.46. The summed E-state index contributed by atoms with van der Waals surface area (Å²) in [4.78, 5) is 12.9. The van der Waals surface area contributed by atoms with Crippen LogP contribution in [-0.4, -0.2) is 22.7 Å². The summed E-state index contributed by atoms with van der Waals surface area (Å²) >= 11 is 12.3. The van der Waals surface area contributed by atoms with Crippen molar-refractivity contribution in [2.45, 2.75) is 23.6 Å². The number of halogens is 2. The summed E-state index contributed by atoms with van der Waals surface area (Å²) in [5.41, 5.74) is 2.68. The molecule has 3 N–H and O–H groups in total. The summed E-state index contributed by atoms with van der Waals surface area (Å²) in [6.07, 6.45) is 0. The maximum Gasteiger partial charge on any atom is 0.261 e. The summed E-state index contributed by atoms with van der Waals surface area (Å²) in [6, 6.07) is 20.9. The molecule has 0 fully saturated rings. The lowest BCUT2D eigenvalue weighted by Gasteiger charge is -2.12. The van der Waals surface area contributed by atoms with Crippen LogP contribution in [0, 0.1) is 13.8 Å². The molecule has 0 bridgehead atoms. The van der Waals surface area contributed by atoms with Gasteiger partial charge in [0.2, 0.25) is 0 Å². The van der Waals surface area contributed by atoms with E-state index in [4.69, 9.17) is 23.2 Å². The van der Waals surface area contributed by atoms with E-state index in [2.05, 4.69) is 14.8 Å². The van der Waals surface area contributed by atoms with Crippen molar-refractivity contribution in [3.63, 3.8) is 0 Å². The van der Waals surface area contributed by atoms with E-state index in [1.54, 1.807) is 24.3 Å². The number of carbonyl (C=O) groups excluding carboxylic acids is 1. The SMILES string of the molecule is Cc1ccc(S(=O)(=O)Nc2ccc(C(=O)Nc3ccc(S(=O)(=O)Nc4ccc(C)c(Cl)c4)cc3)c(Cl)c2)cc1. The van der Waals surface area contributed by atoms with Gasteiger partial charge in [-0.05, 0) is 86.1 Å². The van der Waals surface area contributed by atoms with Crippen LogP contribution in [0.1, 0.15) is 21.5 Å². The Labute approximate surface area is 237 Å². The lowest BCUT2D eigenvalue weighted by Crippen LogP contribution is -2.15. The maximum atomic E-state index is 12.8. The third-order valence-corrected chi connectivity index (χ3v) is 9.16. The zero-order valence-electron chi connectivity index (χ0n) is 20.7. The van der Waals surface area contributed by atoms with E-state index in [9.17, 15) is 21.6 Å². The Hall–Kier alpha value is -3.57. The van der Waals surface area contributed by atoms with Crippen LogP contribution in [0.5, 0.6) is 0 Å². The lowest BCUT2D eigenvalue weighted by atomic mass is 10.2. The van der Waals surface area contributed by atoms with Gasteiger partial charge < -0.3 is 5.32 Å². The van der Waals surface area contributed by atoms with Crippen molar-refractivity contribution in [3.8, 4) is 0 Å². The molecule has 0 heterocycles. The first-order valence-electron chi connectivity index (χ1n) is 11.4. The summed E-state index contributed by atoms with van der Waals surface area (Å²) in [7, 11) is -7.73. The summed E-state index contributed by atoms with van der Waals surface area (Å²) in [5.74, 6) is -0.559. The van der Waals surface area contributed by atoms with Crippen LogP contribution in [0.2, 0.25) is 10.0 Å². The Morgan fingerprint density at radius 2 is 1.08 bits per heavy atom. The fraction of sp³-hybridized carbons (Fsp3) is 0.0741. The third-order valence-electron chi connectivity index (χ3n) is 5.64. The van der Waals surface area contributed by atoms with Gasteiger partial charge in [0.05, 0.1) is 31.8 Å². The molecule has 12 heteroatoms. The molecule has 0 aromatic heterocycles. The van der Waals surface area contributed by atoms with Gasteiger partial charge in [-0.1, -0.05) is 47.0 Å². The second-order valence-corrected chi connectivity index (χ2v) is 12.8. The van der Waals surface area contributed by atoms with Gasteiger partial charge in [-0.2, -0.15) is 0 Å². The van der Waals surface area contributed by atoms with Crippen LogP contribution in [0.3, 0.4) is 0 Å². The zero-order valence-corrected chi connectivity index (χ0v) is 23.8. The van der Waals surface area contributed by atoms with E-state index in [1.165, 1.54) is 60.7 Å². The molecule has 4 aromatic carbocycles. The van der Waals surface area contributed by atoms with Crippen molar-refractivity contribution in [1.29, 1.82) is 0 Å². The molecular formula is C27H23Cl2N3O5S2. The van der Waals surface area contributed by atoms with Crippen molar-refractivity contribution in [2.24, 2.45) is 0 Å². The molecule has 8 nitrogen and oxygen atoms in total. The Morgan fingerprint density at radius 3 is 1.59 bits per heavy atom. The second-order valence-electron chi connectivity index (χ2n) is 8.66. The van der Waals surface area contributed by atoms with Gasteiger partial charge in [-0.3, -0.25) is 14.2 Å². The Balaban J connectivity index is 1.44. The van der Waals surface area contributed by atoms with E-state index in [0.29, 0.717) is 16.4 Å². The van der Waals surface area contributed by atoms with Gasteiger partial charge in [-0.15, -0.1) is 0 Å². The van der Waals surface area contributed by atoms with Crippen molar-refractivity contribution in [3.05, 3.63) is 112 Å². The van der Waals surface area contributed by atoms with Crippen LogP contribution in [0.4, 0.5) is 17.1 Å². The number of sulfonamides is 2. The molecule has 0 saturated carbocycles. The fourth-order valence-corrected chi connectivity index (χ4v) is 6.03. The monoisotopic (exact) mass is 603 g/mol. The van der Waals surface area contributed by atoms with Gasteiger partial charge in [0, 0.05) is 10.7 Å². The first kappa shape index (κ1) is 28.4. The van der Waals surface area contributed by atoms with Crippen LogP contribution < -0.4 is 14.8 Å². The molecular weight excluding hydrogens is 581 g/mol. The smallest absolute Gasteiger partial charge is 0.261 e. The molecule has 4 aromatic rings. The highest BCUT2D eigenvalue weighted by molar-refractivity contribution is 7.93. The normalized spacial score (nSPS) is 11.6. The zero-order chi connectivity index (χ0) is 28.4. The number of benzene rings is 4. The van der Waals surface area contributed by atoms with Crippen molar-refractivity contribution in [1.82, 2.24) is 0 Å². The number of rotatable bonds is 8. The topological polar surface area (TPSA) is 121 Å². The largest absolute Gasteiger partial charge is 0.322 e. The van der Waals surface area contributed by atoms with Crippen LogP contribution in [0.15, 0.2) is 94.7 Å². The van der Waals surface area contributed by atoms with E-state index >= 15 is 0 Å². The number of nitrogens with one attached hydrogen (secondary N) is 3. The second kappa shape index (κ2) is 11.3. The Bertz CT molecular complexity index is 1760. The van der Waals surface area contributed by atoms with Gasteiger partial charge >= 0.3 is 0 Å². The third kappa shape index (κ3) is 6.90. The van der Waals surface area contributed by atoms with Crippen LogP contribution in [0.25, 0.3) is 0 Å². The molecule has 0 saturated heterocycles. The van der Waals surface area contributed by atoms with Gasteiger partial charge in [0.25, 0.3) is 26.0 Å². The van der Waals surface area contributed by atoms with E-state index in [0.717, 1.165) is 11.1 Å². The standard InChI is InChI=1S/C27H23Cl2N3O5S2/c1-17-3-10-22(11-4-17)38(34,35)32-21-9-14-24(26(29)16-21)27(33)30-19-7-12-23(13-8-19)39(36,37)31-20-6-5-18(2)25(28)15-20/h3-16,31-32H,1-2H3,(H,30,33). The predicted molar refractivity (Wildman–Crippen MR) is 155 cm³/mol. The number of amides is 1. The van der Waals surface area contributed by atoms with E-state index < -0.39 is 26.0 Å². The quantitative estimate of drug-likeness (QED) is 0.213. The minimum atomic E-state index is -3.89. The molecule has 0 aliphatic carbocycles. The number of hydrogen-bond acceptors (Lipinski definition) is 5. The number of aryl methyl sites for hydroxylation is 2. The molecule has 202 valence electrons. The van der Waals surface area contributed by atoms with Crippen molar-refractivity contribution >= 4 is 66.2 Å². The molecule has 0 spiro atoms. The van der Waals surface area contributed by atoms with Crippen molar-refractivity contribution in [2.75, 3.05) is 14.8 Å². The molecule has 0 unspecified atom stereocenters. The molecule has 0 aliphatic heterocycles. The fourth-order valence-electron chi connectivity index (χ4n) is 3.48. The highest BCUT2D eigenvalue weighted by atomic mass is 35.5. The molecule has 0 atom stereocenters. The summed E-state index contributed by atoms with van der Waals surface area (Å²) in [6.45, 7) is 3.66. The lowest BCUT2D eigenvalue weighted by molar-refractivity contribution is 0.102. The number of hydrogen-bond donors (Lipinski definition) is 3. The first-order valence-corrected chi connectivity index (χ1v) is 15.2. The van der Waals surface area contributed by atoms with Crippen LogP contribution >= 0.6 is 23.2 Å². The Morgan fingerprint density at radius 1 is 0.615 bits per heavy atom. The molecule has 39 heavy (non-hydrogen) atoms.